The van der Waals surface area contributed by atoms with E-state index in [1.807, 2.05) is 13.8 Å². The van der Waals surface area contributed by atoms with Gasteiger partial charge >= 0.3 is 0 Å². The molecule has 206 valence electrons. The van der Waals surface area contributed by atoms with E-state index in [0.717, 1.165) is 6.26 Å². The van der Waals surface area contributed by atoms with Gasteiger partial charge in [-0.1, -0.05) is 11.6 Å². The van der Waals surface area contributed by atoms with Crippen molar-refractivity contribution < 1.29 is 27.8 Å². The van der Waals surface area contributed by atoms with Crippen LogP contribution in [0.4, 0.5) is 10.3 Å². The number of sulfonamides is 1. The molecule has 38 heavy (non-hydrogen) atoms. The van der Waals surface area contributed by atoms with Gasteiger partial charge < -0.3 is 24.8 Å². The van der Waals surface area contributed by atoms with Crippen molar-refractivity contribution in [2.24, 2.45) is 0 Å². The lowest BCUT2D eigenvalue weighted by molar-refractivity contribution is 0.0133. The summed E-state index contributed by atoms with van der Waals surface area (Å²) in [6, 6.07) is 1.55. The van der Waals surface area contributed by atoms with Crippen molar-refractivity contribution in [3.63, 3.8) is 0 Å². The second-order valence-corrected chi connectivity index (χ2v) is 12.9. The molecule has 14 heteroatoms. The summed E-state index contributed by atoms with van der Waals surface area (Å²) < 4.78 is 48.2. The summed E-state index contributed by atoms with van der Waals surface area (Å²) in [5.74, 6) is -0.124. The van der Waals surface area contributed by atoms with Crippen LogP contribution in [-0.2, 0) is 20.4 Å². The first-order valence-corrected chi connectivity index (χ1v) is 14.4. The highest BCUT2D eigenvalue weighted by molar-refractivity contribution is 7.88. The van der Waals surface area contributed by atoms with Crippen LogP contribution in [0.2, 0.25) is 5.02 Å². The van der Waals surface area contributed by atoms with Crippen LogP contribution in [0.1, 0.15) is 46.0 Å². The highest BCUT2D eigenvalue weighted by atomic mass is 35.5. The average molecular weight is 569 g/mol. The van der Waals surface area contributed by atoms with E-state index in [1.54, 1.807) is 24.5 Å². The molecule has 0 spiro atoms. The minimum absolute atomic E-state index is 0.0826. The lowest BCUT2D eigenvalue weighted by atomic mass is 9.97. The van der Waals surface area contributed by atoms with E-state index in [-0.39, 0.29) is 41.3 Å². The fourth-order valence-corrected chi connectivity index (χ4v) is 6.72. The number of aliphatic hydroxyl groups excluding tert-OH is 1. The first-order chi connectivity index (χ1) is 17.7. The van der Waals surface area contributed by atoms with E-state index < -0.39 is 45.9 Å². The van der Waals surface area contributed by atoms with Crippen LogP contribution in [0.15, 0.2) is 18.3 Å². The van der Waals surface area contributed by atoms with Gasteiger partial charge in [0.15, 0.2) is 5.82 Å². The Bertz CT molecular complexity index is 1510. The molecule has 2 aromatic heterocycles. The Kier molecular flexibility index (Phi) is 6.68. The quantitative estimate of drug-likeness (QED) is 0.409. The van der Waals surface area contributed by atoms with Gasteiger partial charge in [-0.15, -0.1) is 0 Å². The van der Waals surface area contributed by atoms with Crippen molar-refractivity contribution in [2.75, 3.05) is 18.2 Å². The SMILES string of the molecule is CC(C)n1c(C(C)(C)O)nc2c(F)cc(-c3nc(N[C@@H]4C[C@H]5OC[C@@H]([C@H]4O)N5S(C)(=O)=O)ncc3Cl)cc21. The lowest BCUT2D eigenvalue weighted by Crippen LogP contribution is -2.58. The summed E-state index contributed by atoms with van der Waals surface area (Å²) in [7, 11) is -3.57. The molecule has 5 rings (SSSR count). The van der Waals surface area contributed by atoms with Crippen molar-refractivity contribution in [1.82, 2.24) is 23.8 Å². The number of benzene rings is 1. The predicted molar refractivity (Wildman–Crippen MR) is 140 cm³/mol. The molecular formula is C24H30ClFN6O5S. The molecule has 2 aliphatic rings. The number of halogens is 2. The normalized spacial score (nSPS) is 24.5. The standard InChI is InChI=1S/C24H30ClFN6O5S/c1-11(2)31-16-7-12(6-14(26)20(16)29-22(31)24(3,4)34)19-13(25)9-27-23(30-19)28-15-8-18-32(38(5,35)36)17(10-37-18)21(15)33/h6-7,9,11,15,17-18,21,33-34H,8,10H2,1-5H3,(H,27,28,30)/t15-,17+,18-,21+/m1/s1. The maximum absolute atomic E-state index is 15.3. The third-order valence-corrected chi connectivity index (χ3v) is 8.41. The number of ether oxygens (including phenoxy) is 1. The van der Waals surface area contributed by atoms with Crippen molar-refractivity contribution in [3.8, 4) is 11.3 Å². The Morgan fingerprint density at radius 1 is 1.29 bits per heavy atom. The largest absolute Gasteiger partial charge is 0.389 e. The number of rotatable bonds is 6. The summed E-state index contributed by atoms with van der Waals surface area (Å²) >= 11 is 6.43. The van der Waals surface area contributed by atoms with E-state index in [9.17, 15) is 18.6 Å². The monoisotopic (exact) mass is 568 g/mol. The van der Waals surface area contributed by atoms with Crippen molar-refractivity contribution in [2.45, 2.75) is 70.2 Å². The Balaban J connectivity index is 1.51. The van der Waals surface area contributed by atoms with Crippen LogP contribution in [0, 0.1) is 5.82 Å². The third-order valence-electron chi connectivity index (χ3n) is 6.86. The zero-order valence-corrected chi connectivity index (χ0v) is 23.1. The average Bonchev–Trinajstić information content (AvgIpc) is 3.37. The first kappa shape index (κ1) is 27.2. The first-order valence-electron chi connectivity index (χ1n) is 12.2. The number of hydrogen-bond acceptors (Lipinski definition) is 9. The molecule has 3 N–H and O–H groups in total. The lowest BCUT2D eigenvalue weighted by Gasteiger charge is -2.39. The molecule has 0 amide bonds. The molecule has 0 saturated carbocycles. The van der Waals surface area contributed by atoms with Crippen LogP contribution >= 0.6 is 11.6 Å². The van der Waals surface area contributed by atoms with Crippen LogP contribution in [0.3, 0.4) is 0 Å². The number of aromatic nitrogens is 4. The molecule has 2 saturated heterocycles. The predicted octanol–water partition coefficient (Wildman–Crippen LogP) is 2.63. The minimum atomic E-state index is -3.57. The molecule has 0 radical (unpaired) electrons. The summed E-state index contributed by atoms with van der Waals surface area (Å²) in [4.78, 5) is 13.1. The minimum Gasteiger partial charge on any atom is -0.389 e. The Labute approximate surface area is 224 Å². The number of nitrogens with zero attached hydrogens (tertiary/aromatic N) is 5. The van der Waals surface area contributed by atoms with E-state index in [2.05, 4.69) is 20.3 Å². The summed E-state index contributed by atoms with van der Waals surface area (Å²) in [6.45, 7) is 7.10. The zero-order chi connectivity index (χ0) is 27.7. The molecule has 3 aromatic rings. The highest BCUT2D eigenvalue weighted by Crippen LogP contribution is 2.36. The maximum atomic E-state index is 15.3. The van der Waals surface area contributed by atoms with Gasteiger partial charge in [-0.05, 0) is 39.8 Å². The molecule has 2 fully saturated rings. The van der Waals surface area contributed by atoms with Gasteiger partial charge in [0, 0.05) is 18.0 Å². The Hall–Kier alpha value is -2.42. The molecule has 0 aliphatic carbocycles. The summed E-state index contributed by atoms with van der Waals surface area (Å²) in [6.07, 6.45) is 0.864. The molecule has 2 bridgehead atoms. The van der Waals surface area contributed by atoms with Gasteiger partial charge in [0.05, 0.1) is 53.5 Å². The number of anilines is 1. The van der Waals surface area contributed by atoms with Gasteiger partial charge in [0.25, 0.3) is 0 Å². The van der Waals surface area contributed by atoms with E-state index >= 15 is 4.39 Å². The summed E-state index contributed by atoms with van der Waals surface area (Å²) in [5.41, 5.74) is -0.0529. The summed E-state index contributed by atoms with van der Waals surface area (Å²) in [5, 5.41) is 24.8. The topological polar surface area (TPSA) is 143 Å². The van der Waals surface area contributed by atoms with Crippen LogP contribution in [0.5, 0.6) is 0 Å². The third kappa shape index (κ3) is 4.65. The van der Waals surface area contributed by atoms with Gasteiger partial charge in [-0.2, -0.15) is 4.31 Å². The number of fused-ring (bicyclic) bond motifs is 3. The van der Waals surface area contributed by atoms with Crippen LogP contribution in [0.25, 0.3) is 22.3 Å². The van der Waals surface area contributed by atoms with Gasteiger partial charge in [-0.3, -0.25) is 0 Å². The molecule has 11 nitrogen and oxygen atoms in total. The highest BCUT2D eigenvalue weighted by Gasteiger charge is 2.51. The molecular weight excluding hydrogens is 539 g/mol. The van der Waals surface area contributed by atoms with Crippen molar-refractivity contribution in [3.05, 3.63) is 35.0 Å². The fraction of sp³-hybridized carbons (Fsp3) is 0.542. The van der Waals surface area contributed by atoms with Crippen LogP contribution in [-0.4, -0.2) is 79.7 Å². The second kappa shape index (κ2) is 9.35. The number of imidazole rings is 1. The number of hydrogen-bond donors (Lipinski definition) is 3. The number of nitrogens with one attached hydrogen (secondary N) is 1. The van der Waals surface area contributed by atoms with E-state index in [0.29, 0.717) is 16.9 Å². The van der Waals surface area contributed by atoms with E-state index in [4.69, 9.17) is 16.3 Å². The van der Waals surface area contributed by atoms with E-state index in [1.165, 1.54) is 16.6 Å². The molecule has 4 heterocycles. The van der Waals surface area contributed by atoms with Crippen LogP contribution < -0.4 is 5.32 Å². The van der Waals surface area contributed by atoms with Gasteiger partial charge in [0.1, 0.15) is 23.2 Å². The Morgan fingerprint density at radius 3 is 2.63 bits per heavy atom. The van der Waals surface area contributed by atoms with Gasteiger partial charge in [0.2, 0.25) is 16.0 Å². The van der Waals surface area contributed by atoms with Crippen molar-refractivity contribution >= 4 is 38.6 Å². The number of piperidine rings is 1. The fourth-order valence-electron chi connectivity index (χ4n) is 5.27. The second-order valence-electron chi connectivity index (χ2n) is 10.6. The molecule has 1 aromatic carbocycles. The zero-order valence-electron chi connectivity index (χ0n) is 21.6. The molecule has 4 atom stereocenters. The number of aliphatic hydroxyl groups is 2. The maximum Gasteiger partial charge on any atom is 0.223 e. The molecule has 2 aliphatic heterocycles. The van der Waals surface area contributed by atoms with Crippen molar-refractivity contribution in [1.29, 1.82) is 0 Å². The molecule has 0 unspecified atom stereocenters. The smallest absolute Gasteiger partial charge is 0.223 e. The van der Waals surface area contributed by atoms with Gasteiger partial charge in [-0.25, -0.2) is 27.8 Å². The Morgan fingerprint density at radius 2 is 2.00 bits per heavy atom.